The van der Waals surface area contributed by atoms with Gasteiger partial charge in [-0.1, -0.05) is 18.2 Å². The van der Waals surface area contributed by atoms with Crippen LogP contribution < -0.4 is 4.74 Å². The summed E-state index contributed by atoms with van der Waals surface area (Å²) in [6, 6.07) is 9.39. The molecular weight excluding hydrogens is 1430 g/mol. The molecule has 1 aromatic heterocycles. The highest BCUT2D eigenvalue weighted by atomic mass is 16.8. The number of hydrogen-bond acceptors (Lipinski definition) is 36. The summed E-state index contributed by atoms with van der Waals surface area (Å²) < 4.78 is 230. The van der Waals surface area contributed by atoms with Crippen molar-refractivity contribution >= 4 is 10.9 Å². The van der Waals surface area contributed by atoms with Gasteiger partial charge in [0.15, 0.2) is 44.0 Å². The minimum atomic E-state index is -1.30. The number of ether oxygens (including phenoxy) is 35. The van der Waals surface area contributed by atoms with E-state index in [1.807, 2.05) is 30.3 Å². The van der Waals surface area contributed by atoms with Crippen LogP contribution in [0.1, 0.15) is 0 Å². The van der Waals surface area contributed by atoms with Crippen molar-refractivity contribution < 1.29 is 166 Å². The van der Waals surface area contributed by atoms with Gasteiger partial charge >= 0.3 is 0 Å². The number of methoxy groups -OCH3 is 20. The van der Waals surface area contributed by atoms with Crippen LogP contribution >= 0.6 is 0 Å². The smallest absolute Gasteiger partial charge is 0.187 e. The average Bonchev–Trinajstić information content (AvgIpc) is 0.782. The van der Waals surface area contributed by atoms with E-state index in [0.29, 0.717) is 11.3 Å². The molecule has 0 radical (unpaired) electrons. The highest BCUT2D eigenvalue weighted by Crippen LogP contribution is 2.44. The highest BCUT2D eigenvalue weighted by Gasteiger charge is 2.62. The largest absolute Gasteiger partial charge is 0.488 e. The third-order valence-corrected chi connectivity index (χ3v) is 21.0. The molecular formula is C71H115NO35. The van der Waals surface area contributed by atoms with Gasteiger partial charge in [0.2, 0.25) is 0 Å². The fourth-order valence-corrected chi connectivity index (χ4v) is 16.1. The van der Waals surface area contributed by atoms with Gasteiger partial charge in [0.25, 0.3) is 0 Å². The van der Waals surface area contributed by atoms with E-state index in [9.17, 15) is 0 Å². The normalized spacial score (nSPS) is 43.2. The zero-order valence-electron chi connectivity index (χ0n) is 64.9. The summed E-state index contributed by atoms with van der Waals surface area (Å²) in [4.78, 5) is 4.67. The quantitative estimate of drug-likeness (QED) is 0.107. The van der Waals surface area contributed by atoms with Crippen LogP contribution in [0.25, 0.3) is 10.9 Å². The van der Waals surface area contributed by atoms with E-state index in [-0.39, 0.29) is 46.2 Å². The molecule has 0 aliphatic carbocycles. The lowest BCUT2D eigenvalue weighted by molar-refractivity contribution is -0.402. The molecule has 0 N–H and O–H groups in total. The van der Waals surface area contributed by atoms with Gasteiger partial charge in [0.05, 0.1) is 39.6 Å². The lowest BCUT2D eigenvalue weighted by Gasteiger charge is -2.52. The summed E-state index contributed by atoms with van der Waals surface area (Å²) in [5, 5.41) is 0.835. The van der Waals surface area contributed by atoms with Crippen LogP contribution in [0, 0.1) is 0 Å². The first-order chi connectivity index (χ1) is 52.2. The summed E-state index contributed by atoms with van der Waals surface area (Å²) >= 11 is 0. The van der Waals surface area contributed by atoms with Gasteiger partial charge in [-0.3, -0.25) is 4.98 Å². The van der Waals surface area contributed by atoms with Gasteiger partial charge in [0.1, 0.15) is 189 Å². The lowest BCUT2D eigenvalue weighted by atomic mass is 9.94. The lowest BCUT2D eigenvalue weighted by Crippen LogP contribution is -2.69. The highest BCUT2D eigenvalue weighted by molar-refractivity contribution is 5.84. The molecule has 21 aliphatic heterocycles. The van der Waals surface area contributed by atoms with Crippen molar-refractivity contribution in [2.75, 3.05) is 188 Å². The Hall–Kier alpha value is -2.93. The maximum Gasteiger partial charge on any atom is 0.187 e. The van der Waals surface area contributed by atoms with Crippen LogP contribution in [-0.2, 0) is 161 Å². The zero-order chi connectivity index (χ0) is 76.6. The molecule has 21 fully saturated rings. The average molecular weight is 1540 g/mol. The van der Waals surface area contributed by atoms with Crippen LogP contribution in [0.15, 0.2) is 36.5 Å². The number of aromatic nitrogens is 1. The molecule has 1 aromatic carbocycles. The van der Waals surface area contributed by atoms with E-state index in [4.69, 9.17) is 166 Å². The first kappa shape index (κ1) is 86.5. The van der Waals surface area contributed by atoms with E-state index in [0.717, 1.165) is 5.39 Å². The fourth-order valence-electron chi connectivity index (χ4n) is 16.1. The Morgan fingerprint density at radius 2 is 0.430 bits per heavy atom. The minimum Gasteiger partial charge on any atom is -0.488 e. The molecule has 36 nitrogen and oxygen atoms in total. The molecule has 21 aliphatic rings. The molecule has 14 bridgehead atoms. The van der Waals surface area contributed by atoms with E-state index < -0.39 is 215 Å². The first-order valence-electron chi connectivity index (χ1n) is 35.7. The third-order valence-electron chi connectivity index (χ3n) is 21.0. The van der Waals surface area contributed by atoms with Crippen molar-refractivity contribution in [1.29, 1.82) is 0 Å². The molecule has 614 valence electrons. The Bertz CT molecular complexity index is 2850. The maximum atomic E-state index is 7.24. The van der Waals surface area contributed by atoms with Gasteiger partial charge < -0.3 is 166 Å². The zero-order valence-corrected chi connectivity index (χ0v) is 64.9. The molecule has 36 heteroatoms. The number of nitrogens with zero attached hydrogens (tertiary/aromatic N) is 1. The van der Waals surface area contributed by atoms with Gasteiger partial charge in [-0.05, 0) is 12.1 Å². The summed E-state index contributed by atoms with van der Waals surface area (Å²) in [5.41, 5.74) is 0.599. The summed E-state index contributed by atoms with van der Waals surface area (Å²) in [5.74, 6) is 0.452. The summed E-state index contributed by atoms with van der Waals surface area (Å²) in [6.07, 6.45) is -35.5. The van der Waals surface area contributed by atoms with E-state index in [1.54, 1.807) is 6.20 Å². The topological polar surface area (TPSA) is 336 Å². The van der Waals surface area contributed by atoms with Crippen LogP contribution in [0.2, 0.25) is 0 Å². The molecule has 2 aromatic rings. The Morgan fingerprint density at radius 1 is 0.234 bits per heavy atom. The Balaban J connectivity index is 1.08. The second-order valence-corrected chi connectivity index (χ2v) is 26.7. The number of para-hydroxylation sites is 1. The molecule has 21 saturated heterocycles. The molecule has 107 heavy (non-hydrogen) atoms. The number of hydrogen-bond donors (Lipinski definition) is 0. The number of fused-ring (bicyclic) bond motifs is 1. The van der Waals surface area contributed by atoms with Gasteiger partial charge in [-0.15, -0.1) is 0 Å². The second-order valence-electron chi connectivity index (χ2n) is 26.7. The molecule has 0 spiro atoms. The predicted octanol–water partition coefficient (Wildman–Crippen LogP) is 0.486. The summed E-state index contributed by atoms with van der Waals surface area (Å²) in [7, 11) is 30.2. The first-order valence-corrected chi connectivity index (χ1v) is 35.7. The Morgan fingerprint density at radius 3 is 0.626 bits per heavy atom. The number of benzene rings is 1. The minimum absolute atomic E-state index is 0.0470. The van der Waals surface area contributed by atoms with E-state index in [2.05, 4.69) is 4.98 Å². The van der Waals surface area contributed by atoms with Gasteiger partial charge in [0, 0.05) is 154 Å². The predicted molar refractivity (Wildman–Crippen MR) is 364 cm³/mol. The van der Waals surface area contributed by atoms with Crippen LogP contribution in [0.4, 0.5) is 0 Å². The molecule has 0 saturated carbocycles. The maximum absolute atomic E-state index is 7.24. The van der Waals surface area contributed by atoms with Gasteiger partial charge in [-0.2, -0.15) is 0 Å². The Kier molecular flexibility index (Phi) is 33.9. The number of rotatable bonds is 29. The van der Waals surface area contributed by atoms with Crippen molar-refractivity contribution in [2.24, 2.45) is 0 Å². The molecule has 0 amide bonds. The molecule has 23 rings (SSSR count). The van der Waals surface area contributed by atoms with Crippen molar-refractivity contribution in [3.8, 4) is 5.75 Å². The van der Waals surface area contributed by atoms with Crippen molar-refractivity contribution in [1.82, 2.24) is 4.98 Å². The Labute approximate surface area is 625 Å². The number of pyridine rings is 1. The SMILES string of the molecule is COC[C@H]1O[C@@H]2O[C@H]3[C@H](OC)[C@@H](OC)[C@@H](O[C@H]4[C@H](OC)[C@@H](OC)[C@@H](O[C@H]5[C@H](OC)[C@@H](OC)[C@@H](O[C@H]6[C@H](OC)[C@@H](OC)[C@@H](O[C@H]7[C@H](OC)[C@@H](OC)[C@@H](O[C@H]8[C@H](OC)[C@@H](OC)[C@@H](O[C@H]1[C@H](OC)[C@H]2OC)O[C@@H]8COC)O[C@@H]7COC)O[C@@H]6COC)O[C@@H]5COc1cccc2cccnc12)O[C@@H]4COC)O[C@@H]3COC. The summed E-state index contributed by atoms with van der Waals surface area (Å²) in [6.45, 7) is -0.514. The molecule has 35 atom stereocenters. The van der Waals surface area contributed by atoms with Crippen LogP contribution in [0.3, 0.4) is 0 Å². The van der Waals surface area contributed by atoms with Crippen LogP contribution in [-0.4, -0.2) is 408 Å². The monoisotopic (exact) mass is 1540 g/mol. The van der Waals surface area contributed by atoms with Crippen molar-refractivity contribution in [3.63, 3.8) is 0 Å². The third kappa shape index (κ3) is 18.7. The van der Waals surface area contributed by atoms with E-state index >= 15 is 0 Å². The molecule has 0 unspecified atom stereocenters. The second kappa shape index (κ2) is 41.9. The van der Waals surface area contributed by atoms with E-state index in [1.165, 1.54) is 142 Å². The van der Waals surface area contributed by atoms with Crippen molar-refractivity contribution in [2.45, 2.75) is 215 Å². The molecule has 22 heterocycles. The fraction of sp³-hybridized carbons (Fsp3) is 0.873. The van der Waals surface area contributed by atoms with Crippen molar-refractivity contribution in [3.05, 3.63) is 36.5 Å². The van der Waals surface area contributed by atoms with Crippen LogP contribution in [0.5, 0.6) is 5.75 Å². The standard InChI is InChI=1S/C71H115NO35/c1-73-27-36-44-51(79-7)59(87-15)66(95-36)103-46-38(29-75-3)97-68(61(89-17)53(46)81-9)105-48-40(31-77-5)99-70(63(91-19)55(48)83-11)107-50-42(33-93-35-25-21-23-34-24-22-26-72-43(34)35)100-71(64(92-20)57(50)85-13)106-49-41(32-78-6)98-69(62(90-18)56(49)84-12)104-47-39(30-76-4)96-67(60(88-16)54(47)82-10)102-45-37(28-74-2)94-65(101-44)58(86-14)52(45)80-8/h21-26,36-42,44-71H,27-33H2,1-20H3/t36-,37-,38-,39-,40-,41-,42-,44-,45-,46-,47-,48-,49-,50-,51+,52+,53+,54+,55+,56+,57+,58-,59-,60-,61-,62-,63-,64-,65-,66-,67-,68-,69-,70-,71-/m1/s1. The van der Waals surface area contributed by atoms with Gasteiger partial charge in [-0.25, -0.2) is 0 Å².